The summed E-state index contributed by atoms with van der Waals surface area (Å²) in [6.07, 6.45) is 2.28. The van der Waals surface area contributed by atoms with Crippen molar-refractivity contribution in [3.05, 3.63) is 12.1 Å². The summed E-state index contributed by atoms with van der Waals surface area (Å²) in [4.78, 5) is 2.28. The van der Waals surface area contributed by atoms with E-state index in [1.807, 2.05) is 19.2 Å². The Morgan fingerprint density at radius 2 is 2.00 bits per heavy atom. The Morgan fingerprint density at radius 1 is 1.25 bits per heavy atom. The van der Waals surface area contributed by atoms with Gasteiger partial charge in [0, 0.05) is 33.3 Å². The largest absolute Gasteiger partial charge is 0.495 e. The quantitative estimate of drug-likeness (QED) is 0.681. The van der Waals surface area contributed by atoms with Crippen LogP contribution in [-0.2, 0) is 4.74 Å². The minimum atomic E-state index is 0.687. The van der Waals surface area contributed by atoms with Crippen LogP contribution in [0.4, 0.5) is 17.1 Å². The molecule has 3 N–H and O–H groups in total. The number of nitrogens with one attached hydrogen (secondary N) is 1. The van der Waals surface area contributed by atoms with Crippen molar-refractivity contribution in [2.24, 2.45) is 0 Å². The van der Waals surface area contributed by atoms with Crippen LogP contribution in [0.25, 0.3) is 0 Å². The standard InChI is InChI=1S/C15H27N3O2/c1-5-6-7-18(8-9-19-3)14-11-13(17-2)12(16)10-15(14)20-4/h10-11,17H,5-9,16H2,1-4H3. The maximum absolute atomic E-state index is 5.99. The molecule has 0 unspecified atom stereocenters. The number of hydrogen-bond acceptors (Lipinski definition) is 5. The molecule has 0 heterocycles. The summed E-state index contributed by atoms with van der Waals surface area (Å²) >= 11 is 0. The smallest absolute Gasteiger partial charge is 0.144 e. The van der Waals surface area contributed by atoms with Crippen molar-refractivity contribution >= 4 is 17.1 Å². The highest BCUT2D eigenvalue weighted by Crippen LogP contribution is 2.35. The number of methoxy groups -OCH3 is 2. The first-order valence-corrected chi connectivity index (χ1v) is 7.07. The number of nitrogens with two attached hydrogens (primary N) is 1. The van der Waals surface area contributed by atoms with E-state index in [0.717, 1.165) is 43.1 Å². The van der Waals surface area contributed by atoms with Gasteiger partial charge in [-0.05, 0) is 12.5 Å². The average molecular weight is 281 g/mol. The third-order valence-corrected chi connectivity index (χ3v) is 3.31. The molecule has 0 bridgehead atoms. The van der Waals surface area contributed by atoms with Crippen LogP contribution in [0.5, 0.6) is 5.75 Å². The number of rotatable bonds is 9. The van der Waals surface area contributed by atoms with E-state index in [1.165, 1.54) is 0 Å². The molecule has 0 amide bonds. The van der Waals surface area contributed by atoms with E-state index >= 15 is 0 Å². The first-order chi connectivity index (χ1) is 9.67. The Hall–Kier alpha value is -1.62. The van der Waals surface area contributed by atoms with Crippen molar-refractivity contribution in [3.8, 4) is 5.75 Å². The van der Waals surface area contributed by atoms with Gasteiger partial charge in [0.2, 0.25) is 0 Å². The highest BCUT2D eigenvalue weighted by atomic mass is 16.5. The Kier molecular flexibility index (Phi) is 7.01. The van der Waals surface area contributed by atoms with Gasteiger partial charge < -0.3 is 25.4 Å². The summed E-state index contributed by atoms with van der Waals surface area (Å²) in [6.45, 7) is 4.68. The van der Waals surface area contributed by atoms with Gasteiger partial charge >= 0.3 is 0 Å². The van der Waals surface area contributed by atoms with E-state index in [9.17, 15) is 0 Å². The Morgan fingerprint density at radius 3 is 2.55 bits per heavy atom. The molecular formula is C15H27N3O2. The Bertz CT molecular complexity index is 402. The van der Waals surface area contributed by atoms with Gasteiger partial charge in [-0.3, -0.25) is 0 Å². The van der Waals surface area contributed by atoms with E-state index in [0.29, 0.717) is 12.3 Å². The van der Waals surface area contributed by atoms with Gasteiger partial charge in [-0.15, -0.1) is 0 Å². The highest BCUT2D eigenvalue weighted by Gasteiger charge is 2.14. The number of nitrogen functional groups attached to an aromatic ring is 1. The maximum atomic E-state index is 5.99. The molecule has 0 atom stereocenters. The zero-order chi connectivity index (χ0) is 15.0. The van der Waals surface area contributed by atoms with Crippen LogP contribution in [0.3, 0.4) is 0 Å². The number of benzene rings is 1. The Balaban J connectivity index is 3.07. The molecule has 5 heteroatoms. The van der Waals surface area contributed by atoms with Crippen molar-refractivity contribution in [2.45, 2.75) is 19.8 Å². The lowest BCUT2D eigenvalue weighted by molar-refractivity contribution is 0.205. The van der Waals surface area contributed by atoms with Crippen LogP contribution in [0.2, 0.25) is 0 Å². The number of anilines is 3. The molecule has 0 aromatic heterocycles. The van der Waals surface area contributed by atoms with Crippen LogP contribution in [-0.4, -0.2) is 41.0 Å². The zero-order valence-electron chi connectivity index (χ0n) is 13.0. The van der Waals surface area contributed by atoms with Crippen LogP contribution in [0.15, 0.2) is 12.1 Å². The predicted octanol–water partition coefficient (Wildman–Crippen LogP) is 2.57. The molecule has 1 aromatic rings. The van der Waals surface area contributed by atoms with E-state index < -0.39 is 0 Å². The highest BCUT2D eigenvalue weighted by molar-refractivity contribution is 5.77. The van der Waals surface area contributed by atoms with Crippen molar-refractivity contribution in [2.75, 3.05) is 56.9 Å². The van der Waals surface area contributed by atoms with E-state index in [-0.39, 0.29) is 0 Å². The zero-order valence-corrected chi connectivity index (χ0v) is 13.0. The van der Waals surface area contributed by atoms with Crippen LogP contribution in [0, 0.1) is 0 Å². The summed E-state index contributed by atoms with van der Waals surface area (Å²) in [5.74, 6) is 0.800. The monoisotopic (exact) mass is 281 g/mol. The molecule has 1 rings (SSSR count). The summed E-state index contributed by atoms with van der Waals surface area (Å²) in [6, 6.07) is 3.91. The minimum Gasteiger partial charge on any atom is -0.495 e. The fraction of sp³-hybridized carbons (Fsp3) is 0.600. The molecule has 0 aliphatic carbocycles. The first kappa shape index (κ1) is 16.4. The molecule has 1 aromatic carbocycles. The predicted molar refractivity (Wildman–Crippen MR) is 86.0 cm³/mol. The van der Waals surface area contributed by atoms with Gasteiger partial charge in [-0.25, -0.2) is 0 Å². The molecule has 0 spiro atoms. The van der Waals surface area contributed by atoms with Crippen LogP contribution < -0.4 is 20.7 Å². The molecular weight excluding hydrogens is 254 g/mol. The second kappa shape index (κ2) is 8.53. The average Bonchev–Trinajstić information content (AvgIpc) is 2.47. The normalized spacial score (nSPS) is 10.4. The van der Waals surface area contributed by atoms with Crippen molar-refractivity contribution < 1.29 is 9.47 Å². The Labute approximate surface area is 122 Å². The molecule has 0 fully saturated rings. The van der Waals surface area contributed by atoms with Crippen molar-refractivity contribution in [1.82, 2.24) is 0 Å². The minimum absolute atomic E-state index is 0.687. The van der Waals surface area contributed by atoms with E-state index in [4.69, 9.17) is 15.2 Å². The molecule has 0 aliphatic heterocycles. The molecule has 0 saturated heterocycles. The molecule has 114 valence electrons. The molecule has 5 nitrogen and oxygen atoms in total. The second-order valence-electron chi connectivity index (χ2n) is 4.69. The van der Waals surface area contributed by atoms with Gasteiger partial charge in [0.05, 0.1) is 30.8 Å². The van der Waals surface area contributed by atoms with Crippen LogP contribution in [0.1, 0.15) is 19.8 Å². The van der Waals surface area contributed by atoms with Gasteiger partial charge in [-0.2, -0.15) is 0 Å². The van der Waals surface area contributed by atoms with Gasteiger partial charge in [-0.1, -0.05) is 13.3 Å². The fourth-order valence-corrected chi connectivity index (χ4v) is 2.11. The summed E-state index contributed by atoms with van der Waals surface area (Å²) in [5, 5.41) is 3.12. The SMILES string of the molecule is CCCCN(CCOC)c1cc(NC)c(N)cc1OC. The van der Waals surface area contributed by atoms with Gasteiger partial charge in [0.25, 0.3) is 0 Å². The topological polar surface area (TPSA) is 59.8 Å². The van der Waals surface area contributed by atoms with Gasteiger partial charge in [0.15, 0.2) is 0 Å². The molecule has 0 saturated carbocycles. The third-order valence-electron chi connectivity index (χ3n) is 3.31. The van der Waals surface area contributed by atoms with Crippen molar-refractivity contribution in [1.29, 1.82) is 0 Å². The lowest BCUT2D eigenvalue weighted by Crippen LogP contribution is -2.28. The molecule has 0 radical (unpaired) electrons. The van der Waals surface area contributed by atoms with Gasteiger partial charge in [0.1, 0.15) is 5.75 Å². The lowest BCUT2D eigenvalue weighted by atomic mass is 10.2. The summed E-state index contributed by atoms with van der Waals surface area (Å²) in [5.41, 5.74) is 8.65. The number of nitrogens with zero attached hydrogens (tertiary/aromatic N) is 1. The third kappa shape index (κ3) is 4.20. The number of hydrogen-bond donors (Lipinski definition) is 2. The first-order valence-electron chi connectivity index (χ1n) is 7.07. The lowest BCUT2D eigenvalue weighted by Gasteiger charge is -2.27. The van der Waals surface area contributed by atoms with E-state index in [1.54, 1.807) is 14.2 Å². The van der Waals surface area contributed by atoms with Crippen LogP contribution >= 0.6 is 0 Å². The maximum Gasteiger partial charge on any atom is 0.144 e. The summed E-state index contributed by atoms with van der Waals surface area (Å²) < 4.78 is 10.7. The summed E-state index contributed by atoms with van der Waals surface area (Å²) in [7, 11) is 5.26. The number of unbranched alkanes of at least 4 members (excludes halogenated alkanes) is 1. The number of ether oxygens (including phenoxy) is 2. The molecule has 20 heavy (non-hydrogen) atoms. The van der Waals surface area contributed by atoms with E-state index in [2.05, 4.69) is 17.1 Å². The van der Waals surface area contributed by atoms with Crippen molar-refractivity contribution in [3.63, 3.8) is 0 Å². The molecule has 0 aliphatic rings. The second-order valence-corrected chi connectivity index (χ2v) is 4.69. The fourth-order valence-electron chi connectivity index (χ4n) is 2.11.